The van der Waals surface area contributed by atoms with Crippen LogP contribution in [-0.4, -0.2) is 41.6 Å². The quantitative estimate of drug-likeness (QED) is 0.834. The van der Waals surface area contributed by atoms with Crippen LogP contribution in [0.2, 0.25) is 0 Å². The van der Waals surface area contributed by atoms with Gasteiger partial charge in [-0.2, -0.15) is 0 Å². The van der Waals surface area contributed by atoms with E-state index in [4.69, 9.17) is 16.3 Å². The smallest absolute Gasteiger partial charge is 0.323 e. The number of para-hydroxylation sites is 1. The van der Waals surface area contributed by atoms with Crippen molar-refractivity contribution in [2.75, 3.05) is 19.7 Å². The second-order valence-corrected chi connectivity index (χ2v) is 4.52. The van der Waals surface area contributed by atoms with E-state index < -0.39 is 11.9 Å². The van der Waals surface area contributed by atoms with Gasteiger partial charge in [0.2, 0.25) is 5.91 Å². The van der Waals surface area contributed by atoms with Crippen molar-refractivity contribution in [3.8, 4) is 18.1 Å². The molecule has 1 aliphatic heterocycles. The molecule has 1 aromatic carbocycles. The van der Waals surface area contributed by atoms with Crippen molar-refractivity contribution in [2.45, 2.75) is 12.3 Å². The lowest BCUT2D eigenvalue weighted by atomic mass is 9.92. The number of carboxylic acid groups (broad SMARTS) is 1. The molecule has 1 amide bonds. The topological polar surface area (TPSA) is 66.8 Å². The summed E-state index contributed by atoms with van der Waals surface area (Å²) in [6.07, 6.45) is 5.73. The highest BCUT2D eigenvalue weighted by Gasteiger charge is 2.31. The first-order valence-electron chi connectivity index (χ1n) is 6.29. The monoisotopic (exact) mass is 273 g/mol. The Balaban J connectivity index is 2.24. The number of terminal acetylenes is 1. The molecule has 1 unspecified atom stereocenters. The van der Waals surface area contributed by atoms with Gasteiger partial charge in [0.1, 0.15) is 12.3 Å². The van der Waals surface area contributed by atoms with Crippen molar-refractivity contribution in [2.24, 2.45) is 0 Å². The Morgan fingerprint density at radius 2 is 2.20 bits per heavy atom. The van der Waals surface area contributed by atoms with Crippen LogP contribution >= 0.6 is 0 Å². The summed E-state index contributed by atoms with van der Waals surface area (Å²) in [5, 5.41) is 8.87. The maximum Gasteiger partial charge on any atom is 0.323 e. The Kier molecular flexibility index (Phi) is 4.26. The van der Waals surface area contributed by atoms with Gasteiger partial charge in [0.25, 0.3) is 0 Å². The van der Waals surface area contributed by atoms with Gasteiger partial charge in [0, 0.05) is 5.56 Å². The summed E-state index contributed by atoms with van der Waals surface area (Å²) in [7, 11) is 0. The first-order chi connectivity index (χ1) is 9.63. The summed E-state index contributed by atoms with van der Waals surface area (Å²) >= 11 is 0. The largest absolute Gasteiger partial charge is 0.493 e. The molecule has 0 saturated carbocycles. The third-order valence-corrected chi connectivity index (χ3v) is 3.18. The lowest BCUT2D eigenvalue weighted by molar-refractivity contribution is -0.144. The van der Waals surface area contributed by atoms with Gasteiger partial charge < -0.3 is 14.7 Å². The number of hydrogen-bond donors (Lipinski definition) is 1. The van der Waals surface area contributed by atoms with E-state index in [1.165, 1.54) is 4.90 Å². The Morgan fingerprint density at radius 3 is 2.90 bits per heavy atom. The second kappa shape index (κ2) is 6.11. The molecule has 0 aromatic heterocycles. The Morgan fingerprint density at radius 1 is 1.45 bits per heavy atom. The van der Waals surface area contributed by atoms with Crippen molar-refractivity contribution < 1.29 is 19.4 Å². The minimum atomic E-state index is -1.08. The number of aliphatic carboxylic acids is 1. The lowest BCUT2D eigenvalue weighted by Crippen LogP contribution is -2.40. The first kappa shape index (κ1) is 13.9. The molecule has 104 valence electrons. The van der Waals surface area contributed by atoms with Gasteiger partial charge in [-0.05, 0) is 12.5 Å². The number of rotatable bonds is 4. The minimum absolute atomic E-state index is 0.00927. The fourth-order valence-electron chi connectivity index (χ4n) is 2.30. The van der Waals surface area contributed by atoms with Crippen LogP contribution in [0.3, 0.4) is 0 Å². The number of carboxylic acids is 1. The van der Waals surface area contributed by atoms with Crippen LogP contribution in [0.4, 0.5) is 0 Å². The van der Waals surface area contributed by atoms with Gasteiger partial charge in [0.15, 0.2) is 0 Å². The zero-order chi connectivity index (χ0) is 14.5. The maximum atomic E-state index is 12.5. The van der Waals surface area contributed by atoms with Gasteiger partial charge >= 0.3 is 5.97 Å². The molecular weight excluding hydrogens is 258 g/mol. The summed E-state index contributed by atoms with van der Waals surface area (Å²) < 4.78 is 5.50. The molecule has 1 heterocycles. The average Bonchev–Trinajstić information content (AvgIpc) is 2.45. The average molecular weight is 273 g/mol. The molecule has 5 heteroatoms. The molecule has 2 rings (SSSR count). The molecule has 0 aliphatic carbocycles. The Hall–Kier alpha value is -2.48. The van der Waals surface area contributed by atoms with Crippen LogP contribution in [0.15, 0.2) is 24.3 Å². The van der Waals surface area contributed by atoms with Gasteiger partial charge in [0.05, 0.1) is 19.1 Å². The molecule has 0 fully saturated rings. The number of carbonyl (C=O) groups excluding carboxylic acids is 1. The molecule has 1 aliphatic rings. The molecule has 1 atom stereocenters. The summed E-state index contributed by atoms with van der Waals surface area (Å²) in [5.41, 5.74) is 0.788. The molecule has 0 radical (unpaired) electrons. The molecular formula is C15H15NO4. The molecule has 5 nitrogen and oxygen atoms in total. The van der Waals surface area contributed by atoms with Crippen molar-refractivity contribution in [1.82, 2.24) is 4.90 Å². The first-order valence-corrected chi connectivity index (χ1v) is 6.29. The number of ether oxygens (including phenoxy) is 1. The fraction of sp³-hybridized carbons (Fsp3) is 0.333. The van der Waals surface area contributed by atoms with Crippen LogP contribution in [0.5, 0.6) is 5.75 Å². The van der Waals surface area contributed by atoms with Crippen LogP contribution in [0.1, 0.15) is 17.9 Å². The van der Waals surface area contributed by atoms with Gasteiger partial charge in [-0.15, -0.1) is 6.42 Å². The number of carbonyl (C=O) groups is 2. The molecule has 1 aromatic rings. The van der Waals surface area contributed by atoms with E-state index >= 15 is 0 Å². The highest BCUT2D eigenvalue weighted by molar-refractivity contribution is 5.87. The van der Waals surface area contributed by atoms with E-state index in [2.05, 4.69) is 5.92 Å². The van der Waals surface area contributed by atoms with E-state index in [9.17, 15) is 9.59 Å². The predicted octanol–water partition coefficient (Wildman–Crippen LogP) is 1.10. The van der Waals surface area contributed by atoms with E-state index in [1.54, 1.807) is 6.07 Å². The summed E-state index contributed by atoms with van der Waals surface area (Å²) in [4.78, 5) is 24.5. The SMILES string of the molecule is C#CCN(CC(=O)O)C(=O)C1CCOc2ccccc21. The molecule has 0 spiro atoms. The van der Waals surface area contributed by atoms with Crippen molar-refractivity contribution in [3.63, 3.8) is 0 Å². The van der Waals surface area contributed by atoms with Crippen LogP contribution in [0, 0.1) is 12.3 Å². The zero-order valence-electron chi connectivity index (χ0n) is 10.9. The molecule has 20 heavy (non-hydrogen) atoms. The number of benzene rings is 1. The number of amides is 1. The number of hydrogen-bond acceptors (Lipinski definition) is 3. The minimum Gasteiger partial charge on any atom is -0.493 e. The van der Waals surface area contributed by atoms with Crippen molar-refractivity contribution in [3.05, 3.63) is 29.8 Å². The highest BCUT2D eigenvalue weighted by atomic mass is 16.5. The van der Waals surface area contributed by atoms with E-state index in [0.29, 0.717) is 18.8 Å². The molecule has 1 N–H and O–H groups in total. The summed E-state index contributed by atoms with van der Waals surface area (Å²) in [6, 6.07) is 7.29. The maximum absolute atomic E-state index is 12.5. The third kappa shape index (κ3) is 2.91. The zero-order valence-corrected chi connectivity index (χ0v) is 10.9. The number of fused-ring (bicyclic) bond motifs is 1. The second-order valence-electron chi connectivity index (χ2n) is 4.52. The van der Waals surface area contributed by atoms with Gasteiger partial charge in [-0.25, -0.2) is 0 Å². The summed E-state index contributed by atoms with van der Waals surface area (Å²) in [6.45, 7) is 0.0393. The standard InChI is InChI=1S/C15H15NO4/c1-2-8-16(10-14(17)18)15(19)12-7-9-20-13-6-4-3-5-11(12)13/h1,3-6,12H,7-10H2,(H,17,18). The van der Waals surface area contributed by atoms with Gasteiger partial charge in [-0.3, -0.25) is 9.59 Å². The van der Waals surface area contributed by atoms with Crippen LogP contribution in [0.25, 0.3) is 0 Å². The highest BCUT2D eigenvalue weighted by Crippen LogP contribution is 2.34. The summed E-state index contributed by atoms with van der Waals surface area (Å²) in [5.74, 6) is 1.27. The Bertz CT molecular complexity index is 561. The van der Waals surface area contributed by atoms with Gasteiger partial charge in [-0.1, -0.05) is 24.1 Å². The normalized spacial score (nSPS) is 16.4. The van der Waals surface area contributed by atoms with Crippen LogP contribution in [-0.2, 0) is 9.59 Å². The third-order valence-electron chi connectivity index (χ3n) is 3.18. The number of nitrogens with zero attached hydrogens (tertiary/aromatic N) is 1. The predicted molar refractivity (Wildman–Crippen MR) is 72.3 cm³/mol. The molecule has 0 saturated heterocycles. The van der Waals surface area contributed by atoms with E-state index in [-0.39, 0.29) is 19.0 Å². The fourth-order valence-corrected chi connectivity index (χ4v) is 2.30. The van der Waals surface area contributed by atoms with E-state index in [0.717, 1.165) is 5.56 Å². The molecule has 0 bridgehead atoms. The Labute approximate surface area is 117 Å². The van der Waals surface area contributed by atoms with Crippen molar-refractivity contribution >= 4 is 11.9 Å². The lowest BCUT2D eigenvalue weighted by Gasteiger charge is -2.29. The van der Waals surface area contributed by atoms with Crippen LogP contribution < -0.4 is 4.74 Å². The van der Waals surface area contributed by atoms with Crippen molar-refractivity contribution in [1.29, 1.82) is 0 Å². The van der Waals surface area contributed by atoms with E-state index in [1.807, 2.05) is 18.2 Å².